The Balaban J connectivity index is 1.34. The standard InChI is InChI=1S/C21H23N5O2S/c1-12-23-10-19(29-12)15-3-2-14-9-24-17(8-16(14)25-15)20-18(11-28-20)26-21(27)13-4-6-22-7-5-13/h2-3,8-10,13,18,20,22H,4-7,11H2,1H3,(H,26,27). The number of aromatic nitrogens is 3. The Hall–Kier alpha value is -2.42. The fourth-order valence-electron chi connectivity index (χ4n) is 3.89. The van der Waals surface area contributed by atoms with Crippen LogP contribution in [0.25, 0.3) is 21.5 Å². The summed E-state index contributed by atoms with van der Waals surface area (Å²) in [6.45, 7) is 4.32. The van der Waals surface area contributed by atoms with Gasteiger partial charge < -0.3 is 15.4 Å². The van der Waals surface area contributed by atoms with E-state index >= 15 is 0 Å². The van der Waals surface area contributed by atoms with Crippen LogP contribution >= 0.6 is 11.3 Å². The number of piperidine rings is 1. The topological polar surface area (TPSA) is 89.0 Å². The van der Waals surface area contributed by atoms with E-state index in [4.69, 9.17) is 9.72 Å². The summed E-state index contributed by atoms with van der Waals surface area (Å²) < 4.78 is 5.76. The minimum Gasteiger partial charge on any atom is -0.367 e. The fourth-order valence-corrected chi connectivity index (χ4v) is 4.63. The molecule has 2 aliphatic rings. The van der Waals surface area contributed by atoms with Gasteiger partial charge in [-0.25, -0.2) is 9.97 Å². The highest BCUT2D eigenvalue weighted by atomic mass is 32.1. The molecule has 150 valence electrons. The van der Waals surface area contributed by atoms with Crippen molar-refractivity contribution in [2.75, 3.05) is 19.7 Å². The molecule has 2 saturated heterocycles. The van der Waals surface area contributed by atoms with Crippen LogP contribution in [-0.4, -0.2) is 46.6 Å². The highest BCUT2D eigenvalue weighted by Crippen LogP contribution is 2.32. The number of nitrogens with zero attached hydrogens (tertiary/aromatic N) is 3. The van der Waals surface area contributed by atoms with Crippen LogP contribution in [0, 0.1) is 12.8 Å². The maximum atomic E-state index is 12.6. The van der Waals surface area contributed by atoms with Crippen molar-refractivity contribution in [3.63, 3.8) is 0 Å². The van der Waals surface area contributed by atoms with E-state index in [1.807, 2.05) is 37.5 Å². The Morgan fingerprint density at radius 3 is 2.83 bits per heavy atom. The van der Waals surface area contributed by atoms with Crippen LogP contribution in [-0.2, 0) is 9.53 Å². The molecule has 8 heteroatoms. The zero-order valence-electron chi connectivity index (χ0n) is 16.2. The van der Waals surface area contributed by atoms with Crippen molar-refractivity contribution in [2.45, 2.75) is 31.9 Å². The third-order valence-electron chi connectivity index (χ3n) is 5.62. The van der Waals surface area contributed by atoms with Crippen molar-refractivity contribution in [1.82, 2.24) is 25.6 Å². The Kier molecular flexibility index (Phi) is 4.99. The maximum Gasteiger partial charge on any atom is 0.223 e. The molecule has 2 atom stereocenters. The predicted molar refractivity (Wildman–Crippen MR) is 112 cm³/mol. The number of carbonyl (C=O) groups is 1. The molecular formula is C21H23N5O2S. The van der Waals surface area contributed by atoms with E-state index in [1.54, 1.807) is 11.3 Å². The average Bonchev–Trinajstić information content (AvgIpc) is 3.17. The number of pyridine rings is 2. The van der Waals surface area contributed by atoms with Gasteiger partial charge in [0.25, 0.3) is 0 Å². The number of thiazole rings is 1. The van der Waals surface area contributed by atoms with E-state index in [-0.39, 0.29) is 24.0 Å². The summed E-state index contributed by atoms with van der Waals surface area (Å²) in [5, 5.41) is 8.46. The molecule has 2 aliphatic heterocycles. The number of hydrogen-bond donors (Lipinski definition) is 2. The number of nitrogens with one attached hydrogen (secondary N) is 2. The Bertz CT molecular complexity index is 1050. The molecule has 5 heterocycles. The lowest BCUT2D eigenvalue weighted by atomic mass is 9.95. The number of aryl methyl sites for hydroxylation is 1. The second kappa shape index (κ2) is 7.78. The summed E-state index contributed by atoms with van der Waals surface area (Å²) >= 11 is 1.63. The van der Waals surface area contributed by atoms with E-state index in [0.29, 0.717) is 6.61 Å². The first kappa shape index (κ1) is 18.6. The minimum atomic E-state index is -0.221. The lowest BCUT2D eigenvalue weighted by molar-refractivity contribution is -0.137. The normalized spacial score (nSPS) is 22.4. The first-order valence-electron chi connectivity index (χ1n) is 9.99. The lowest BCUT2D eigenvalue weighted by Crippen LogP contribution is -2.53. The summed E-state index contributed by atoms with van der Waals surface area (Å²) in [5.74, 6) is 0.223. The predicted octanol–water partition coefficient (Wildman–Crippen LogP) is 2.62. The fraction of sp³-hybridized carbons (Fsp3) is 0.429. The van der Waals surface area contributed by atoms with Gasteiger partial charge in [0.2, 0.25) is 5.91 Å². The molecule has 0 bridgehead atoms. The molecule has 0 radical (unpaired) electrons. The number of hydrogen-bond acceptors (Lipinski definition) is 7. The van der Waals surface area contributed by atoms with Gasteiger partial charge in [-0.1, -0.05) is 0 Å². The van der Waals surface area contributed by atoms with Crippen LogP contribution in [0.15, 0.2) is 30.6 Å². The summed E-state index contributed by atoms with van der Waals surface area (Å²) in [4.78, 5) is 27.3. The molecule has 0 aliphatic carbocycles. The molecule has 2 N–H and O–H groups in total. The van der Waals surface area contributed by atoms with Crippen molar-refractivity contribution < 1.29 is 9.53 Å². The second-order valence-electron chi connectivity index (χ2n) is 7.64. The monoisotopic (exact) mass is 409 g/mol. The molecular weight excluding hydrogens is 386 g/mol. The van der Waals surface area contributed by atoms with Crippen LogP contribution in [0.2, 0.25) is 0 Å². The molecule has 0 aromatic carbocycles. The smallest absolute Gasteiger partial charge is 0.223 e. The summed E-state index contributed by atoms with van der Waals surface area (Å²) in [6.07, 6.45) is 5.25. The van der Waals surface area contributed by atoms with Crippen LogP contribution in [0.3, 0.4) is 0 Å². The largest absolute Gasteiger partial charge is 0.367 e. The first-order valence-corrected chi connectivity index (χ1v) is 10.8. The Morgan fingerprint density at radius 2 is 2.10 bits per heavy atom. The number of rotatable bonds is 4. The number of carbonyl (C=O) groups excluding carboxylic acids is 1. The number of fused-ring (bicyclic) bond motifs is 1. The van der Waals surface area contributed by atoms with Crippen LogP contribution in [0.1, 0.15) is 29.6 Å². The summed E-state index contributed by atoms with van der Waals surface area (Å²) in [5.41, 5.74) is 2.59. The molecule has 0 spiro atoms. The minimum absolute atomic E-state index is 0.0327. The summed E-state index contributed by atoms with van der Waals surface area (Å²) in [7, 11) is 0. The molecule has 5 rings (SSSR count). The van der Waals surface area contributed by atoms with Crippen molar-refractivity contribution >= 4 is 28.1 Å². The van der Waals surface area contributed by atoms with Crippen LogP contribution in [0.5, 0.6) is 0 Å². The van der Waals surface area contributed by atoms with Crippen LogP contribution in [0.4, 0.5) is 0 Å². The van der Waals surface area contributed by atoms with Crippen molar-refractivity contribution in [3.05, 3.63) is 41.3 Å². The average molecular weight is 410 g/mol. The number of amides is 1. The second-order valence-corrected chi connectivity index (χ2v) is 8.87. The Labute approximate surface area is 172 Å². The first-order chi connectivity index (χ1) is 14.2. The highest BCUT2D eigenvalue weighted by molar-refractivity contribution is 7.15. The van der Waals surface area contributed by atoms with Gasteiger partial charge in [-0.05, 0) is 51.1 Å². The maximum absolute atomic E-state index is 12.6. The molecule has 1 amide bonds. The molecule has 2 unspecified atom stereocenters. The quantitative estimate of drug-likeness (QED) is 0.689. The van der Waals surface area contributed by atoms with Gasteiger partial charge in [0.05, 0.1) is 39.4 Å². The van der Waals surface area contributed by atoms with Gasteiger partial charge in [0.1, 0.15) is 6.10 Å². The molecule has 29 heavy (non-hydrogen) atoms. The van der Waals surface area contributed by atoms with Gasteiger partial charge in [0, 0.05) is 23.7 Å². The third kappa shape index (κ3) is 3.75. The van der Waals surface area contributed by atoms with Crippen molar-refractivity contribution in [3.8, 4) is 10.6 Å². The van der Waals surface area contributed by atoms with E-state index in [0.717, 1.165) is 58.1 Å². The van der Waals surface area contributed by atoms with E-state index < -0.39 is 0 Å². The van der Waals surface area contributed by atoms with Gasteiger partial charge >= 0.3 is 0 Å². The molecule has 3 aromatic heterocycles. The van der Waals surface area contributed by atoms with Crippen molar-refractivity contribution in [2.24, 2.45) is 5.92 Å². The molecule has 3 aromatic rings. The Morgan fingerprint density at radius 1 is 1.24 bits per heavy atom. The van der Waals surface area contributed by atoms with Gasteiger partial charge in [-0.15, -0.1) is 11.3 Å². The zero-order valence-corrected chi connectivity index (χ0v) is 17.0. The van der Waals surface area contributed by atoms with Gasteiger partial charge in [-0.3, -0.25) is 9.78 Å². The van der Waals surface area contributed by atoms with Gasteiger partial charge in [-0.2, -0.15) is 0 Å². The van der Waals surface area contributed by atoms with Crippen molar-refractivity contribution in [1.29, 1.82) is 0 Å². The van der Waals surface area contributed by atoms with E-state index in [9.17, 15) is 4.79 Å². The molecule has 7 nitrogen and oxygen atoms in total. The lowest BCUT2D eigenvalue weighted by Gasteiger charge is -2.38. The summed E-state index contributed by atoms with van der Waals surface area (Å²) in [6, 6.07) is 5.97. The third-order valence-corrected chi connectivity index (χ3v) is 6.55. The zero-order chi connectivity index (χ0) is 19.8. The molecule has 2 fully saturated rings. The van der Waals surface area contributed by atoms with E-state index in [1.165, 1.54) is 0 Å². The number of ether oxygens (including phenoxy) is 1. The highest BCUT2D eigenvalue weighted by Gasteiger charge is 2.37. The molecule has 0 saturated carbocycles. The van der Waals surface area contributed by atoms with Gasteiger partial charge in [0.15, 0.2) is 0 Å². The van der Waals surface area contributed by atoms with Crippen LogP contribution < -0.4 is 10.6 Å². The SMILES string of the molecule is Cc1ncc(-c2ccc3cnc(C4OCC4NC(=O)C4CCNCC4)cc3n2)s1. The van der Waals surface area contributed by atoms with E-state index in [2.05, 4.69) is 20.6 Å².